The minimum Gasteiger partial charge on any atom is -0.394 e. The van der Waals surface area contributed by atoms with Crippen LogP contribution < -0.4 is 5.32 Å². The van der Waals surface area contributed by atoms with Crippen molar-refractivity contribution in [1.82, 2.24) is 5.32 Å². The van der Waals surface area contributed by atoms with E-state index >= 15 is 0 Å². The average molecular weight is 255 g/mol. The van der Waals surface area contributed by atoms with E-state index in [9.17, 15) is 4.79 Å². The van der Waals surface area contributed by atoms with Crippen LogP contribution in [0.4, 0.5) is 0 Å². The molecule has 1 aliphatic rings. The van der Waals surface area contributed by atoms with Crippen LogP contribution in [0.5, 0.6) is 0 Å². The molecule has 0 fully saturated rings. The van der Waals surface area contributed by atoms with Crippen molar-refractivity contribution in [3.8, 4) is 0 Å². The largest absolute Gasteiger partial charge is 0.394 e. The van der Waals surface area contributed by atoms with Gasteiger partial charge >= 0.3 is 0 Å². The Morgan fingerprint density at radius 1 is 1.47 bits per heavy atom. The summed E-state index contributed by atoms with van der Waals surface area (Å²) in [5, 5.41) is 20.9. The zero-order valence-corrected chi connectivity index (χ0v) is 10.6. The minimum atomic E-state index is -0.953. The summed E-state index contributed by atoms with van der Waals surface area (Å²) < 4.78 is 0. The number of aryl methyl sites for hydroxylation is 2. The zero-order valence-electron chi connectivity index (χ0n) is 9.82. The summed E-state index contributed by atoms with van der Waals surface area (Å²) in [5.41, 5.74) is 0.320. The molecular weight excluding hydrogens is 238 g/mol. The van der Waals surface area contributed by atoms with E-state index in [1.807, 2.05) is 6.07 Å². The monoisotopic (exact) mass is 255 g/mol. The van der Waals surface area contributed by atoms with Crippen LogP contribution >= 0.6 is 11.3 Å². The van der Waals surface area contributed by atoms with Gasteiger partial charge in [0.2, 0.25) is 0 Å². The van der Waals surface area contributed by atoms with E-state index in [4.69, 9.17) is 10.2 Å². The fraction of sp³-hybridized carbons (Fsp3) is 0.583. The first kappa shape index (κ1) is 12.5. The molecule has 0 saturated heterocycles. The number of nitrogens with one attached hydrogen (secondary N) is 1. The molecule has 1 heterocycles. The maximum Gasteiger partial charge on any atom is 0.261 e. The van der Waals surface area contributed by atoms with Gasteiger partial charge in [0.1, 0.15) is 0 Å². The highest BCUT2D eigenvalue weighted by Gasteiger charge is 2.27. The predicted molar refractivity (Wildman–Crippen MR) is 66.4 cm³/mol. The second-order valence-corrected chi connectivity index (χ2v) is 5.88. The molecule has 0 atom stereocenters. The van der Waals surface area contributed by atoms with Crippen LogP contribution in [0.1, 0.15) is 33.5 Å². The van der Waals surface area contributed by atoms with Crippen molar-refractivity contribution in [2.45, 2.75) is 31.7 Å². The number of aliphatic hydroxyl groups is 2. The van der Waals surface area contributed by atoms with Crippen molar-refractivity contribution in [2.24, 2.45) is 0 Å². The van der Waals surface area contributed by atoms with Crippen molar-refractivity contribution in [3.05, 3.63) is 21.4 Å². The third-order valence-electron chi connectivity index (χ3n) is 3.08. The van der Waals surface area contributed by atoms with Crippen LogP contribution in [0.2, 0.25) is 0 Å². The summed E-state index contributed by atoms with van der Waals surface area (Å²) in [5.74, 6) is -0.213. The summed E-state index contributed by atoms with van der Waals surface area (Å²) in [7, 11) is 0. The van der Waals surface area contributed by atoms with Gasteiger partial charge in [-0.3, -0.25) is 4.79 Å². The number of hydrogen-bond donors (Lipinski definition) is 3. The van der Waals surface area contributed by atoms with Crippen molar-refractivity contribution in [2.75, 3.05) is 13.2 Å². The smallest absolute Gasteiger partial charge is 0.261 e. The number of carbonyl (C=O) groups is 1. The number of thiophene rings is 1. The molecule has 17 heavy (non-hydrogen) atoms. The molecule has 0 aliphatic heterocycles. The fourth-order valence-electron chi connectivity index (χ4n) is 1.91. The third kappa shape index (κ3) is 2.51. The van der Waals surface area contributed by atoms with Gasteiger partial charge in [-0.2, -0.15) is 0 Å². The molecule has 2 rings (SSSR count). The van der Waals surface area contributed by atoms with E-state index in [1.165, 1.54) is 28.2 Å². The first-order valence-corrected chi connectivity index (χ1v) is 6.55. The van der Waals surface area contributed by atoms with Crippen LogP contribution in [0.3, 0.4) is 0 Å². The Kier molecular flexibility index (Phi) is 3.51. The number of aliphatic hydroxyl groups excluding tert-OH is 2. The lowest BCUT2D eigenvalue weighted by Crippen LogP contribution is -2.51. The molecule has 5 heteroatoms. The van der Waals surface area contributed by atoms with Crippen molar-refractivity contribution in [3.63, 3.8) is 0 Å². The second kappa shape index (κ2) is 4.76. The van der Waals surface area contributed by atoms with Crippen molar-refractivity contribution >= 4 is 17.2 Å². The highest BCUT2D eigenvalue weighted by atomic mass is 32.1. The summed E-state index contributed by atoms with van der Waals surface area (Å²) in [6.45, 7) is 1.06. The Labute approximate surface area is 104 Å². The van der Waals surface area contributed by atoms with Gasteiger partial charge in [0.05, 0.1) is 23.6 Å². The fourth-order valence-corrected chi connectivity index (χ4v) is 3.05. The summed E-state index contributed by atoms with van der Waals surface area (Å²) in [6, 6.07) is 1.93. The van der Waals surface area contributed by atoms with Crippen LogP contribution in [-0.4, -0.2) is 34.9 Å². The summed E-state index contributed by atoms with van der Waals surface area (Å²) in [4.78, 5) is 13.9. The number of hydrogen-bond acceptors (Lipinski definition) is 4. The summed E-state index contributed by atoms with van der Waals surface area (Å²) >= 11 is 1.52. The Balaban J connectivity index is 2.09. The molecule has 1 aliphatic carbocycles. The zero-order chi connectivity index (χ0) is 12.5. The molecule has 0 saturated carbocycles. The molecule has 1 aromatic heterocycles. The number of rotatable bonds is 4. The van der Waals surface area contributed by atoms with E-state index in [0.717, 1.165) is 12.8 Å². The van der Waals surface area contributed by atoms with Gasteiger partial charge in [0.25, 0.3) is 5.91 Å². The van der Waals surface area contributed by atoms with Gasteiger partial charge < -0.3 is 15.5 Å². The molecule has 1 aromatic rings. The molecule has 0 bridgehead atoms. The van der Waals surface area contributed by atoms with E-state index in [2.05, 4.69) is 5.32 Å². The molecule has 4 nitrogen and oxygen atoms in total. The minimum absolute atomic E-state index is 0.213. The van der Waals surface area contributed by atoms with Gasteiger partial charge in [-0.25, -0.2) is 0 Å². The molecule has 94 valence electrons. The van der Waals surface area contributed by atoms with E-state index in [0.29, 0.717) is 4.88 Å². The van der Waals surface area contributed by atoms with E-state index in [1.54, 1.807) is 6.92 Å². The topological polar surface area (TPSA) is 69.6 Å². The highest BCUT2D eigenvalue weighted by Crippen LogP contribution is 2.30. The van der Waals surface area contributed by atoms with Gasteiger partial charge in [-0.15, -0.1) is 11.3 Å². The van der Waals surface area contributed by atoms with Gasteiger partial charge in [-0.1, -0.05) is 0 Å². The quantitative estimate of drug-likeness (QED) is 0.742. The van der Waals surface area contributed by atoms with Gasteiger partial charge in [0.15, 0.2) is 0 Å². The van der Waals surface area contributed by atoms with Crippen LogP contribution in [0.15, 0.2) is 6.07 Å². The SMILES string of the molecule is CC(CO)(CO)NC(=O)c1cc2c(s1)CCC2. The normalized spacial score (nSPS) is 14.8. The van der Waals surface area contributed by atoms with Crippen LogP contribution in [0, 0.1) is 0 Å². The maximum atomic E-state index is 12.0. The molecule has 3 N–H and O–H groups in total. The average Bonchev–Trinajstić information content (AvgIpc) is 2.88. The lowest BCUT2D eigenvalue weighted by Gasteiger charge is -2.25. The second-order valence-electron chi connectivity index (χ2n) is 4.74. The van der Waals surface area contributed by atoms with Crippen LogP contribution in [-0.2, 0) is 12.8 Å². The summed E-state index contributed by atoms with van der Waals surface area (Å²) in [6.07, 6.45) is 3.29. The molecule has 0 unspecified atom stereocenters. The number of amides is 1. The van der Waals surface area contributed by atoms with Gasteiger partial charge in [-0.05, 0) is 37.8 Å². The molecular formula is C12H17NO3S. The Bertz CT molecular complexity index is 402. The Hall–Kier alpha value is -0.910. The number of carbonyl (C=O) groups excluding carboxylic acids is 1. The molecule has 1 amide bonds. The maximum absolute atomic E-state index is 12.0. The van der Waals surface area contributed by atoms with Crippen molar-refractivity contribution in [1.29, 1.82) is 0 Å². The Morgan fingerprint density at radius 2 is 2.18 bits per heavy atom. The molecule has 0 spiro atoms. The van der Waals surface area contributed by atoms with E-state index < -0.39 is 5.54 Å². The molecule has 0 radical (unpaired) electrons. The standard InChI is InChI=1S/C12H17NO3S/c1-12(6-14,7-15)13-11(16)10-5-8-3-2-4-9(8)17-10/h5,14-15H,2-4,6-7H2,1H3,(H,13,16). The first-order valence-electron chi connectivity index (χ1n) is 5.74. The van der Waals surface area contributed by atoms with E-state index in [-0.39, 0.29) is 19.1 Å². The lowest BCUT2D eigenvalue weighted by molar-refractivity contribution is 0.0727. The van der Waals surface area contributed by atoms with Gasteiger partial charge in [0, 0.05) is 4.88 Å². The highest BCUT2D eigenvalue weighted by molar-refractivity contribution is 7.14. The third-order valence-corrected chi connectivity index (χ3v) is 4.32. The van der Waals surface area contributed by atoms with Crippen molar-refractivity contribution < 1.29 is 15.0 Å². The van der Waals surface area contributed by atoms with Crippen LogP contribution in [0.25, 0.3) is 0 Å². The first-order chi connectivity index (χ1) is 8.08. The Morgan fingerprint density at radius 3 is 2.76 bits per heavy atom. The predicted octanol–water partition coefficient (Wildman–Crippen LogP) is 0.710. The lowest BCUT2D eigenvalue weighted by atomic mass is 10.1. The molecule has 0 aromatic carbocycles. The number of fused-ring (bicyclic) bond motifs is 1.